The molecule has 0 aliphatic heterocycles. The van der Waals surface area contributed by atoms with Crippen molar-refractivity contribution in [2.75, 3.05) is 7.05 Å². The lowest BCUT2D eigenvalue weighted by Crippen LogP contribution is -2.36. The number of hydrogen-bond acceptors (Lipinski definition) is 2. The Morgan fingerprint density at radius 2 is 1.88 bits per heavy atom. The van der Waals surface area contributed by atoms with Crippen LogP contribution in [-0.2, 0) is 9.59 Å². The van der Waals surface area contributed by atoms with Gasteiger partial charge in [0, 0.05) is 24.2 Å². The van der Waals surface area contributed by atoms with Gasteiger partial charge in [-0.05, 0) is 12.8 Å². The summed E-state index contributed by atoms with van der Waals surface area (Å²) in [5, 5.41) is 0. The van der Waals surface area contributed by atoms with E-state index < -0.39 is 0 Å². The maximum atomic E-state index is 12.2. The van der Waals surface area contributed by atoms with E-state index in [1.165, 1.54) is 12.2 Å². The zero-order valence-corrected chi connectivity index (χ0v) is 10.1. The molecule has 0 atom stereocenters. The number of carbonyl (C=O) groups is 2. The van der Waals surface area contributed by atoms with Gasteiger partial charge >= 0.3 is 0 Å². The third kappa shape index (κ3) is 2.81. The van der Waals surface area contributed by atoms with Crippen LogP contribution in [0.3, 0.4) is 0 Å². The van der Waals surface area contributed by atoms with Gasteiger partial charge in [0.15, 0.2) is 6.29 Å². The van der Waals surface area contributed by atoms with Crippen molar-refractivity contribution in [1.29, 1.82) is 0 Å². The summed E-state index contributed by atoms with van der Waals surface area (Å²) in [5.41, 5.74) is 0.590. The number of allylic oxidation sites excluding steroid dienone is 2. The van der Waals surface area contributed by atoms with Crippen molar-refractivity contribution in [3.8, 4) is 0 Å². The SMILES string of the molecule is C=C/C(C=O)=C(\C=C)C(=O)N(C)C1CC=CC1. The van der Waals surface area contributed by atoms with Gasteiger partial charge in [-0.3, -0.25) is 9.59 Å². The Morgan fingerprint density at radius 1 is 1.29 bits per heavy atom. The lowest BCUT2D eigenvalue weighted by atomic mass is 10.1. The molecule has 0 unspecified atom stereocenters. The van der Waals surface area contributed by atoms with Crippen LogP contribution in [0.1, 0.15) is 12.8 Å². The normalized spacial score (nSPS) is 16.3. The largest absolute Gasteiger partial charge is 0.338 e. The van der Waals surface area contributed by atoms with Gasteiger partial charge in [-0.15, -0.1) is 0 Å². The number of rotatable bonds is 5. The maximum Gasteiger partial charge on any atom is 0.254 e. The van der Waals surface area contributed by atoms with Crippen molar-refractivity contribution in [1.82, 2.24) is 4.90 Å². The first kappa shape index (κ1) is 13.2. The maximum absolute atomic E-state index is 12.2. The second-order valence-corrected chi connectivity index (χ2v) is 3.91. The third-order valence-electron chi connectivity index (χ3n) is 2.94. The van der Waals surface area contributed by atoms with Crippen LogP contribution < -0.4 is 0 Å². The number of nitrogens with zero attached hydrogens (tertiary/aromatic N) is 1. The molecule has 1 aliphatic carbocycles. The molecule has 0 heterocycles. The molecule has 0 N–H and O–H groups in total. The molecule has 0 spiro atoms. The fraction of sp³-hybridized carbons (Fsp3) is 0.286. The molecular weight excluding hydrogens is 214 g/mol. The van der Waals surface area contributed by atoms with E-state index in [9.17, 15) is 9.59 Å². The van der Waals surface area contributed by atoms with Crippen LogP contribution >= 0.6 is 0 Å². The summed E-state index contributed by atoms with van der Waals surface area (Å²) >= 11 is 0. The van der Waals surface area contributed by atoms with Crippen LogP contribution in [0.25, 0.3) is 0 Å². The summed E-state index contributed by atoms with van der Waals surface area (Å²) in [6, 6.07) is 0.176. The Hall–Kier alpha value is -1.90. The summed E-state index contributed by atoms with van der Waals surface area (Å²) in [6.07, 6.45) is 9.24. The first-order valence-electron chi connectivity index (χ1n) is 5.52. The topological polar surface area (TPSA) is 37.4 Å². The van der Waals surface area contributed by atoms with Crippen molar-refractivity contribution in [2.45, 2.75) is 18.9 Å². The van der Waals surface area contributed by atoms with Gasteiger partial charge in [0.05, 0.1) is 0 Å². The molecule has 1 rings (SSSR count). The summed E-state index contributed by atoms with van der Waals surface area (Å²) in [4.78, 5) is 24.7. The van der Waals surface area contributed by atoms with E-state index in [1.807, 2.05) is 0 Å². The zero-order valence-electron chi connectivity index (χ0n) is 10.1. The van der Waals surface area contributed by atoms with E-state index in [0.717, 1.165) is 12.8 Å². The second kappa shape index (κ2) is 5.99. The van der Waals surface area contributed by atoms with Gasteiger partial charge in [0.2, 0.25) is 0 Å². The highest BCUT2D eigenvalue weighted by atomic mass is 16.2. The molecule has 1 amide bonds. The van der Waals surface area contributed by atoms with E-state index in [0.29, 0.717) is 11.9 Å². The van der Waals surface area contributed by atoms with Crippen molar-refractivity contribution in [3.63, 3.8) is 0 Å². The smallest absolute Gasteiger partial charge is 0.254 e. The first-order chi connectivity index (χ1) is 8.15. The zero-order chi connectivity index (χ0) is 12.8. The van der Waals surface area contributed by atoms with Crippen molar-refractivity contribution in [3.05, 3.63) is 48.6 Å². The molecule has 0 saturated heterocycles. The summed E-state index contributed by atoms with van der Waals surface area (Å²) < 4.78 is 0. The highest BCUT2D eigenvalue weighted by molar-refractivity contribution is 6.02. The Kier molecular flexibility index (Phi) is 4.64. The number of carbonyl (C=O) groups excluding carboxylic acids is 2. The summed E-state index contributed by atoms with van der Waals surface area (Å²) in [6.45, 7) is 7.10. The van der Waals surface area contributed by atoms with Gasteiger partial charge in [0.25, 0.3) is 5.91 Å². The lowest BCUT2D eigenvalue weighted by Gasteiger charge is -2.25. The van der Waals surface area contributed by atoms with Gasteiger partial charge in [-0.1, -0.05) is 37.5 Å². The van der Waals surface area contributed by atoms with Crippen LogP contribution in [0.15, 0.2) is 48.6 Å². The number of likely N-dealkylation sites (N-methyl/N-ethyl adjacent to an activating group) is 1. The number of aldehydes is 1. The van der Waals surface area contributed by atoms with Gasteiger partial charge < -0.3 is 4.90 Å². The summed E-state index contributed by atoms with van der Waals surface area (Å²) in [5.74, 6) is -0.185. The number of hydrogen-bond donors (Lipinski definition) is 0. The number of amides is 1. The van der Waals surface area contributed by atoms with Crippen molar-refractivity contribution < 1.29 is 9.59 Å². The van der Waals surface area contributed by atoms with E-state index in [-0.39, 0.29) is 17.5 Å². The highest BCUT2D eigenvalue weighted by Crippen LogP contribution is 2.19. The van der Waals surface area contributed by atoms with Crippen molar-refractivity contribution >= 4 is 12.2 Å². The molecule has 0 bridgehead atoms. The minimum absolute atomic E-state index is 0.176. The average Bonchev–Trinajstić information content (AvgIpc) is 2.87. The second-order valence-electron chi connectivity index (χ2n) is 3.91. The monoisotopic (exact) mass is 231 g/mol. The quantitative estimate of drug-likeness (QED) is 0.314. The standard InChI is InChI=1S/C14H17NO2/c1-4-11(10-16)13(5-2)14(17)15(3)12-8-6-7-9-12/h4-7,10,12H,1-2,8-9H2,3H3/b13-11-. The fourth-order valence-electron chi connectivity index (χ4n) is 1.83. The highest BCUT2D eigenvalue weighted by Gasteiger charge is 2.23. The molecular formula is C14H17NO2. The van der Waals surface area contributed by atoms with Crippen LogP contribution in [0.4, 0.5) is 0 Å². The predicted octanol–water partition coefficient (Wildman–Crippen LogP) is 2.03. The molecule has 1 aliphatic rings. The molecule has 0 fully saturated rings. The van der Waals surface area contributed by atoms with E-state index in [2.05, 4.69) is 25.3 Å². The van der Waals surface area contributed by atoms with Crippen LogP contribution in [0.2, 0.25) is 0 Å². The third-order valence-corrected chi connectivity index (χ3v) is 2.94. The van der Waals surface area contributed by atoms with E-state index in [4.69, 9.17) is 0 Å². The first-order valence-corrected chi connectivity index (χ1v) is 5.52. The van der Waals surface area contributed by atoms with Gasteiger partial charge in [-0.25, -0.2) is 0 Å². The lowest BCUT2D eigenvalue weighted by molar-refractivity contribution is -0.127. The Labute approximate surface area is 102 Å². The molecule has 17 heavy (non-hydrogen) atoms. The minimum Gasteiger partial charge on any atom is -0.338 e. The molecule has 0 aromatic carbocycles. The van der Waals surface area contributed by atoms with Crippen LogP contribution in [-0.4, -0.2) is 30.2 Å². The molecule has 0 radical (unpaired) electrons. The van der Waals surface area contributed by atoms with Crippen LogP contribution in [0.5, 0.6) is 0 Å². The van der Waals surface area contributed by atoms with Crippen molar-refractivity contribution in [2.24, 2.45) is 0 Å². The summed E-state index contributed by atoms with van der Waals surface area (Å²) in [7, 11) is 1.75. The van der Waals surface area contributed by atoms with Gasteiger partial charge in [-0.2, -0.15) is 0 Å². The minimum atomic E-state index is -0.185. The molecule has 3 heteroatoms. The molecule has 0 aromatic rings. The Morgan fingerprint density at radius 3 is 2.29 bits per heavy atom. The van der Waals surface area contributed by atoms with E-state index >= 15 is 0 Å². The van der Waals surface area contributed by atoms with Crippen LogP contribution in [0, 0.1) is 0 Å². The fourth-order valence-corrected chi connectivity index (χ4v) is 1.83. The average molecular weight is 231 g/mol. The van der Waals surface area contributed by atoms with Gasteiger partial charge in [0.1, 0.15) is 0 Å². The molecule has 90 valence electrons. The molecule has 0 saturated carbocycles. The Balaban J connectivity index is 2.93. The Bertz CT molecular complexity index is 386. The molecule has 3 nitrogen and oxygen atoms in total. The van der Waals surface area contributed by atoms with E-state index in [1.54, 1.807) is 11.9 Å². The molecule has 0 aromatic heterocycles. The predicted molar refractivity (Wildman–Crippen MR) is 68.4 cm³/mol.